The van der Waals surface area contributed by atoms with E-state index in [9.17, 15) is 14.4 Å². The van der Waals surface area contributed by atoms with Gasteiger partial charge in [0.15, 0.2) is 0 Å². The van der Waals surface area contributed by atoms with Crippen molar-refractivity contribution < 1.29 is 23.9 Å². The SMILES string of the molecule is COc1ccc(C(=O)N2CC[C@H]3NC(=O)N(c4cccc(OC)c4)C(=O)[C@H]32)cc1. The highest BCUT2D eigenvalue weighted by molar-refractivity contribution is 6.19. The number of methoxy groups -OCH3 is 2. The molecule has 0 aliphatic carbocycles. The molecule has 0 radical (unpaired) electrons. The van der Waals surface area contributed by atoms with Gasteiger partial charge in [-0.05, 0) is 42.8 Å². The van der Waals surface area contributed by atoms with E-state index in [0.717, 1.165) is 4.90 Å². The lowest BCUT2D eigenvalue weighted by Gasteiger charge is -2.37. The van der Waals surface area contributed by atoms with Gasteiger partial charge in [-0.1, -0.05) is 6.07 Å². The third-order valence-corrected chi connectivity index (χ3v) is 5.29. The monoisotopic (exact) mass is 395 g/mol. The van der Waals surface area contributed by atoms with E-state index in [1.54, 1.807) is 55.6 Å². The van der Waals surface area contributed by atoms with Crippen molar-refractivity contribution in [2.24, 2.45) is 0 Å². The number of nitrogens with one attached hydrogen (secondary N) is 1. The second kappa shape index (κ2) is 7.46. The Balaban J connectivity index is 1.62. The molecule has 0 spiro atoms. The van der Waals surface area contributed by atoms with Crippen LogP contribution in [0.2, 0.25) is 0 Å². The fourth-order valence-electron chi connectivity index (χ4n) is 3.83. The van der Waals surface area contributed by atoms with Crippen LogP contribution in [-0.2, 0) is 4.79 Å². The van der Waals surface area contributed by atoms with Crippen LogP contribution in [0.15, 0.2) is 48.5 Å². The van der Waals surface area contributed by atoms with Crippen LogP contribution in [0.25, 0.3) is 0 Å². The van der Waals surface area contributed by atoms with Crippen LogP contribution >= 0.6 is 0 Å². The fraction of sp³-hybridized carbons (Fsp3) is 0.286. The minimum absolute atomic E-state index is 0.254. The van der Waals surface area contributed by atoms with E-state index in [1.807, 2.05) is 0 Å². The van der Waals surface area contributed by atoms with Gasteiger partial charge >= 0.3 is 6.03 Å². The molecule has 2 aromatic rings. The van der Waals surface area contributed by atoms with Crippen molar-refractivity contribution in [3.8, 4) is 11.5 Å². The van der Waals surface area contributed by atoms with Crippen LogP contribution in [0, 0.1) is 0 Å². The largest absolute Gasteiger partial charge is 0.497 e. The van der Waals surface area contributed by atoms with Gasteiger partial charge in [-0.3, -0.25) is 9.59 Å². The summed E-state index contributed by atoms with van der Waals surface area (Å²) in [5.74, 6) is 0.496. The summed E-state index contributed by atoms with van der Waals surface area (Å²) in [6.45, 7) is 0.387. The molecule has 0 aromatic heterocycles. The summed E-state index contributed by atoms with van der Waals surface area (Å²) in [6.07, 6.45) is 0.524. The number of rotatable bonds is 4. The lowest BCUT2D eigenvalue weighted by atomic mass is 10.0. The number of nitrogens with zero attached hydrogens (tertiary/aromatic N) is 2. The van der Waals surface area contributed by atoms with E-state index < -0.39 is 24.0 Å². The summed E-state index contributed by atoms with van der Waals surface area (Å²) in [4.78, 5) is 41.5. The Morgan fingerprint density at radius 2 is 1.76 bits per heavy atom. The van der Waals surface area contributed by atoms with Gasteiger partial charge in [-0.25, -0.2) is 9.69 Å². The molecule has 150 valence electrons. The number of likely N-dealkylation sites (tertiary alicyclic amines) is 1. The molecule has 0 unspecified atom stereocenters. The van der Waals surface area contributed by atoms with Crippen molar-refractivity contribution in [1.29, 1.82) is 0 Å². The Labute approximate surface area is 168 Å². The van der Waals surface area contributed by atoms with Crippen molar-refractivity contribution in [2.75, 3.05) is 25.7 Å². The minimum atomic E-state index is -0.756. The normalized spacial score (nSPS) is 20.9. The number of carbonyl (C=O) groups is 3. The smallest absolute Gasteiger partial charge is 0.329 e. The maximum Gasteiger partial charge on any atom is 0.329 e. The Morgan fingerprint density at radius 3 is 2.45 bits per heavy atom. The Morgan fingerprint density at radius 1 is 1.03 bits per heavy atom. The Hall–Kier alpha value is -3.55. The maximum atomic E-state index is 13.3. The fourth-order valence-corrected chi connectivity index (χ4v) is 3.83. The van der Waals surface area contributed by atoms with Gasteiger partial charge in [0.05, 0.1) is 25.9 Å². The molecule has 2 heterocycles. The van der Waals surface area contributed by atoms with Crippen LogP contribution in [0.1, 0.15) is 16.8 Å². The molecule has 2 aliphatic heterocycles. The van der Waals surface area contributed by atoms with Crippen molar-refractivity contribution >= 4 is 23.5 Å². The van der Waals surface area contributed by atoms with E-state index in [2.05, 4.69) is 5.32 Å². The molecule has 1 N–H and O–H groups in total. The molecule has 8 heteroatoms. The first kappa shape index (κ1) is 18.8. The van der Waals surface area contributed by atoms with Crippen LogP contribution in [-0.4, -0.2) is 55.6 Å². The lowest BCUT2D eigenvalue weighted by Crippen LogP contribution is -2.65. The summed E-state index contributed by atoms with van der Waals surface area (Å²) in [5.41, 5.74) is 0.859. The summed E-state index contributed by atoms with van der Waals surface area (Å²) >= 11 is 0. The van der Waals surface area contributed by atoms with Crippen LogP contribution in [0.5, 0.6) is 11.5 Å². The summed E-state index contributed by atoms with van der Waals surface area (Å²) < 4.78 is 10.3. The van der Waals surface area contributed by atoms with E-state index in [-0.39, 0.29) is 5.91 Å². The number of hydrogen-bond acceptors (Lipinski definition) is 5. The second-order valence-corrected chi connectivity index (χ2v) is 6.89. The average molecular weight is 395 g/mol. The zero-order valence-corrected chi connectivity index (χ0v) is 16.1. The van der Waals surface area contributed by atoms with E-state index >= 15 is 0 Å². The first-order chi connectivity index (χ1) is 14.0. The molecule has 2 saturated heterocycles. The standard InChI is InChI=1S/C21H21N3O5/c1-28-15-8-6-13(7-9-15)19(25)23-11-10-17-18(23)20(26)24(21(27)22-17)14-4-3-5-16(12-14)29-2/h3-9,12,17-18H,10-11H2,1-2H3,(H,22,27)/t17-,18+/m1/s1. The lowest BCUT2D eigenvalue weighted by molar-refractivity contribution is -0.122. The molecule has 29 heavy (non-hydrogen) atoms. The number of urea groups is 1. The molecule has 0 bridgehead atoms. The van der Waals surface area contributed by atoms with Gasteiger partial charge in [0.25, 0.3) is 11.8 Å². The number of amides is 4. The van der Waals surface area contributed by atoms with Crippen molar-refractivity contribution in [3.05, 3.63) is 54.1 Å². The van der Waals surface area contributed by atoms with E-state index in [4.69, 9.17) is 9.47 Å². The third kappa shape index (κ3) is 3.26. The highest BCUT2D eigenvalue weighted by atomic mass is 16.5. The number of carbonyl (C=O) groups excluding carboxylic acids is 3. The van der Waals surface area contributed by atoms with Gasteiger partial charge in [-0.15, -0.1) is 0 Å². The molecule has 4 rings (SSSR count). The number of hydrogen-bond donors (Lipinski definition) is 1. The van der Waals surface area contributed by atoms with Crippen molar-refractivity contribution in [1.82, 2.24) is 10.2 Å². The predicted octanol–water partition coefficient (Wildman–Crippen LogP) is 2.04. The van der Waals surface area contributed by atoms with Crippen LogP contribution in [0.3, 0.4) is 0 Å². The Kier molecular flexibility index (Phi) is 4.84. The zero-order chi connectivity index (χ0) is 20.5. The first-order valence-electron chi connectivity index (χ1n) is 9.27. The number of fused-ring (bicyclic) bond motifs is 1. The molecule has 4 amide bonds. The molecule has 2 fully saturated rings. The third-order valence-electron chi connectivity index (χ3n) is 5.29. The van der Waals surface area contributed by atoms with Crippen LogP contribution in [0.4, 0.5) is 10.5 Å². The number of anilines is 1. The van der Waals surface area contributed by atoms with E-state index in [1.165, 1.54) is 12.0 Å². The highest BCUT2D eigenvalue weighted by Crippen LogP contribution is 2.30. The Bertz CT molecular complexity index is 959. The summed E-state index contributed by atoms with van der Waals surface area (Å²) in [5, 5.41) is 2.86. The van der Waals surface area contributed by atoms with Gasteiger partial charge in [-0.2, -0.15) is 0 Å². The molecule has 2 aromatic carbocycles. The summed E-state index contributed by atoms with van der Waals surface area (Å²) in [7, 11) is 3.07. The van der Waals surface area contributed by atoms with Gasteiger partial charge < -0.3 is 19.7 Å². The second-order valence-electron chi connectivity index (χ2n) is 6.89. The predicted molar refractivity (Wildman–Crippen MR) is 105 cm³/mol. The van der Waals surface area contributed by atoms with Crippen molar-refractivity contribution in [3.63, 3.8) is 0 Å². The topological polar surface area (TPSA) is 88.2 Å². The van der Waals surface area contributed by atoms with Gasteiger partial charge in [0.2, 0.25) is 0 Å². The molecule has 8 nitrogen and oxygen atoms in total. The summed E-state index contributed by atoms with van der Waals surface area (Å²) in [6, 6.07) is 11.8. The number of benzene rings is 2. The number of imide groups is 1. The molecule has 2 atom stereocenters. The quantitative estimate of drug-likeness (QED) is 0.856. The minimum Gasteiger partial charge on any atom is -0.497 e. The van der Waals surface area contributed by atoms with Gasteiger partial charge in [0.1, 0.15) is 17.5 Å². The van der Waals surface area contributed by atoms with Gasteiger partial charge in [0, 0.05) is 18.2 Å². The molecule has 2 aliphatic rings. The molecule has 0 saturated carbocycles. The van der Waals surface area contributed by atoms with Crippen LogP contribution < -0.4 is 19.7 Å². The zero-order valence-electron chi connectivity index (χ0n) is 16.1. The first-order valence-corrected chi connectivity index (χ1v) is 9.27. The molecular formula is C21H21N3O5. The average Bonchev–Trinajstić information content (AvgIpc) is 3.17. The van der Waals surface area contributed by atoms with Crippen molar-refractivity contribution in [2.45, 2.75) is 18.5 Å². The number of ether oxygens (including phenoxy) is 2. The van der Waals surface area contributed by atoms with E-state index in [0.29, 0.717) is 35.7 Å². The highest BCUT2D eigenvalue weighted by Gasteiger charge is 2.50. The molecular weight excluding hydrogens is 374 g/mol. The maximum absolute atomic E-state index is 13.3.